The van der Waals surface area contributed by atoms with Crippen LogP contribution in [-0.4, -0.2) is 74.6 Å². The van der Waals surface area contributed by atoms with Crippen molar-refractivity contribution in [2.24, 2.45) is 11.7 Å². The van der Waals surface area contributed by atoms with Gasteiger partial charge in [0, 0.05) is 12.6 Å². The average Bonchev–Trinajstić information content (AvgIpc) is 3.17. The summed E-state index contributed by atoms with van der Waals surface area (Å²) in [6, 6.07) is -4.43. The predicted molar refractivity (Wildman–Crippen MR) is 106 cm³/mol. The Morgan fingerprint density at radius 3 is 2.20 bits per heavy atom. The van der Waals surface area contributed by atoms with Crippen molar-refractivity contribution < 1.29 is 29.4 Å². The largest absolute Gasteiger partial charge is 0.480 e. The molecule has 0 unspecified atom stereocenters. The molecule has 0 fully saturated rings. The Morgan fingerprint density at radius 2 is 1.70 bits per heavy atom. The molecular formula is C18H30N6O6. The number of aliphatic hydroxyl groups excluding tert-OH is 1. The number of hydrogen-bond acceptors (Lipinski definition) is 7. The van der Waals surface area contributed by atoms with Gasteiger partial charge in [0.2, 0.25) is 17.7 Å². The van der Waals surface area contributed by atoms with Gasteiger partial charge in [0.1, 0.15) is 18.1 Å². The van der Waals surface area contributed by atoms with Crippen molar-refractivity contribution in [1.82, 2.24) is 25.9 Å². The monoisotopic (exact) mass is 426 g/mol. The normalized spacial score (nSPS) is 15.0. The highest BCUT2D eigenvalue weighted by atomic mass is 16.4. The molecule has 0 aliphatic carbocycles. The number of H-pyrrole nitrogens is 1. The van der Waals surface area contributed by atoms with Crippen LogP contribution in [0.4, 0.5) is 0 Å². The van der Waals surface area contributed by atoms with Crippen LogP contribution < -0.4 is 21.7 Å². The number of aromatic amines is 1. The van der Waals surface area contributed by atoms with Crippen LogP contribution in [0.5, 0.6) is 0 Å². The summed E-state index contributed by atoms with van der Waals surface area (Å²) >= 11 is 0. The Hall–Kier alpha value is -2.99. The zero-order valence-electron chi connectivity index (χ0n) is 17.2. The van der Waals surface area contributed by atoms with E-state index in [2.05, 4.69) is 25.9 Å². The van der Waals surface area contributed by atoms with Gasteiger partial charge in [0.25, 0.3) is 0 Å². The van der Waals surface area contributed by atoms with Gasteiger partial charge in [-0.3, -0.25) is 14.4 Å². The van der Waals surface area contributed by atoms with E-state index in [1.807, 2.05) is 13.8 Å². The highest BCUT2D eigenvalue weighted by Crippen LogP contribution is 2.06. The first-order valence-electron chi connectivity index (χ1n) is 9.53. The Labute approximate surface area is 174 Å². The summed E-state index contributed by atoms with van der Waals surface area (Å²) < 4.78 is 0. The third-order valence-electron chi connectivity index (χ3n) is 4.21. The standard InChI is InChI=1S/C18H30N6O6/c1-9(2)4-13(17(28)24-14(7-25)18(29)30)23-15(26)10(3)22-16(27)12(19)5-11-6-20-8-21-11/h6,8-10,12-14,25H,4-5,7,19H2,1-3H3,(H,20,21)(H,22,27)(H,23,26)(H,24,28)(H,29,30)/t10-,12-,13-,14-/m0/s1. The van der Waals surface area contributed by atoms with E-state index in [0.29, 0.717) is 5.69 Å². The molecule has 168 valence electrons. The van der Waals surface area contributed by atoms with Crippen LogP contribution in [0.2, 0.25) is 0 Å². The lowest BCUT2D eigenvalue weighted by Gasteiger charge is -2.24. The molecule has 1 rings (SSSR count). The van der Waals surface area contributed by atoms with Crippen molar-refractivity contribution in [3.8, 4) is 0 Å². The van der Waals surface area contributed by atoms with E-state index in [-0.39, 0.29) is 18.8 Å². The summed E-state index contributed by atoms with van der Waals surface area (Å²) in [5.41, 5.74) is 6.43. The molecule has 30 heavy (non-hydrogen) atoms. The van der Waals surface area contributed by atoms with Crippen molar-refractivity contribution in [3.05, 3.63) is 18.2 Å². The van der Waals surface area contributed by atoms with Crippen LogP contribution in [0.15, 0.2) is 12.5 Å². The Kier molecular flexibility index (Phi) is 9.92. The smallest absolute Gasteiger partial charge is 0.328 e. The van der Waals surface area contributed by atoms with Crippen LogP contribution in [0.1, 0.15) is 32.9 Å². The molecule has 12 heteroatoms. The van der Waals surface area contributed by atoms with Gasteiger partial charge in [-0.25, -0.2) is 9.78 Å². The maximum atomic E-state index is 12.5. The van der Waals surface area contributed by atoms with E-state index in [9.17, 15) is 19.2 Å². The van der Waals surface area contributed by atoms with Crippen molar-refractivity contribution >= 4 is 23.7 Å². The minimum atomic E-state index is -1.48. The van der Waals surface area contributed by atoms with Crippen molar-refractivity contribution in [1.29, 1.82) is 0 Å². The minimum absolute atomic E-state index is 0.00521. The van der Waals surface area contributed by atoms with Gasteiger partial charge in [-0.05, 0) is 19.3 Å². The van der Waals surface area contributed by atoms with E-state index >= 15 is 0 Å². The molecule has 1 aromatic rings. The van der Waals surface area contributed by atoms with Gasteiger partial charge in [-0.15, -0.1) is 0 Å². The highest BCUT2D eigenvalue weighted by Gasteiger charge is 2.29. The van der Waals surface area contributed by atoms with Crippen LogP contribution in [-0.2, 0) is 25.6 Å². The molecule has 1 aromatic heterocycles. The number of imidazole rings is 1. The average molecular weight is 426 g/mol. The van der Waals surface area contributed by atoms with Crippen molar-refractivity contribution in [2.45, 2.75) is 57.8 Å². The number of nitrogens with zero attached hydrogens (tertiary/aromatic N) is 1. The second-order valence-electron chi connectivity index (χ2n) is 7.37. The van der Waals surface area contributed by atoms with Gasteiger partial charge in [0.15, 0.2) is 0 Å². The lowest BCUT2D eigenvalue weighted by molar-refractivity contribution is -0.143. The van der Waals surface area contributed by atoms with Crippen molar-refractivity contribution in [3.63, 3.8) is 0 Å². The Morgan fingerprint density at radius 1 is 1.07 bits per heavy atom. The second kappa shape index (κ2) is 11.9. The molecule has 3 amide bonds. The summed E-state index contributed by atoms with van der Waals surface area (Å²) in [5, 5.41) is 25.2. The summed E-state index contributed by atoms with van der Waals surface area (Å²) in [5.74, 6) is -3.33. The maximum Gasteiger partial charge on any atom is 0.328 e. The summed E-state index contributed by atoms with van der Waals surface area (Å²) in [4.78, 5) is 54.8. The zero-order chi connectivity index (χ0) is 22.8. The molecule has 4 atom stereocenters. The number of carbonyl (C=O) groups is 4. The number of amides is 3. The summed E-state index contributed by atoms with van der Waals surface area (Å²) in [6.45, 7) is 4.30. The number of carbonyl (C=O) groups excluding carboxylic acids is 3. The number of carboxylic acids is 1. The molecule has 0 saturated carbocycles. The number of aliphatic hydroxyl groups is 1. The number of carboxylic acid groups (broad SMARTS) is 1. The summed E-state index contributed by atoms with van der Waals surface area (Å²) in [7, 11) is 0. The molecule has 1 heterocycles. The quantitative estimate of drug-likeness (QED) is 0.196. The minimum Gasteiger partial charge on any atom is -0.480 e. The first kappa shape index (κ1) is 25.0. The number of nitrogens with two attached hydrogens (primary N) is 1. The van der Waals surface area contributed by atoms with Crippen LogP contribution >= 0.6 is 0 Å². The van der Waals surface area contributed by atoms with E-state index in [1.165, 1.54) is 13.3 Å². The maximum absolute atomic E-state index is 12.5. The van der Waals surface area contributed by atoms with E-state index in [1.54, 1.807) is 6.20 Å². The number of aromatic nitrogens is 2. The summed E-state index contributed by atoms with van der Waals surface area (Å²) in [6.07, 6.45) is 3.48. The molecule has 0 spiro atoms. The van der Waals surface area contributed by atoms with Crippen LogP contribution in [0.3, 0.4) is 0 Å². The third kappa shape index (κ3) is 8.17. The molecular weight excluding hydrogens is 396 g/mol. The Bertz CT molecular complexity index is 723. The number of rotatable bonds is 12. The van der Waals surface area contributed by atoms with Crippen LogP contribution in [0.25, 0.3) is 0 Å². The lowest BCUT2D eigenvalue weighted by Crippen LogP contribution is -2.57. The molecule has 0 aliphatic rings. The topological polar surface area (TPSA) is 200 Å². The van der Waals surface area contributed by atoms with Crippen molar-refractivity contribution in [2.75, 3.05) is 6.61 Å². The SMILES string of the molecule is CC(C)C[C@H](NC(=O)[C@H](C)NC(=O)[C@@H](N)Cc1c[nH]cn1)C(=O)N[C@@H](CO)C(=O)O. The molecule has 0 radical (unpaired) electrons. The fourth-order valence-corrected chi connectivity index (χ4v) is 2.56. The molecule has 0 aliphatic heterocycles. The molecule has 8 N–H and O–H groups in total. The highest BCUT2D eigenvalue weighted by molar-refractivity contribution is 5.93. The number of aliphatic carboxylic acids is 1. The van der Waals surface area contributed by atoms with Crippen LogP contribution in [0, 0.1) is 5.92 Å². The zero-order valence-corrected chi connectivity index (χ0v) is 17.2. The van der Waals surface area contributed by atoms with Gasteiger partial charge in [0.05, 0.1) is 24.7 Å². The first-order chi connectivity index (χ1) is 14.0. The third-order valence-corrected chi connectivity index (χ3v) is 4.21. The predicted octanol–water partition coefficient (Wildman–Crippen LogP) is -2.12. The molecule has 0 aromatic carbocycles. The first-order valence-corrected chi connectivity index (χ1v) is 9.53. The lowest BCUT2D eigenvalue weighted by atomic mass is 10.0. The van der Waals surface area contributed by atoms with E-state index < -0.39 is 54.5 Å². The van der Waals surface area contributed by atoms with E-state index in [4.69, 9.17) is 15.9 Å². The van der Waals surface area contributed by atoms with Gasteiger partial charge >= 0.3 is 5.97 Å². The van der Waals surface area contributed by atoms with Gasteiger partial charge < -0.3 is 36.9 Å². The van der Waals surface area contributed by atoms with E-state index in [0.717, 1.165) is 0 Å². The number of nitrogens with one attached hydrogen (secondary N) is 4. The molecule has 0 saturated heterocycles. The second-order valence-corrected chi connectivity index (χ2v) is 7.37. The number of hydrogen-bond donors (Lipinski definition) is 7. The fourth-order valence-electron chi connectivity index (χ4n) is 2.56. The van der Waals surface area contributed by atoms with Gasteiger partial charge in [-0.1, -0.05) is 13.8 Å². The molecule has 12 nitrogen and oxygen atoms in total. The Balaban J connectivity index is 2.69. The fraction of sp³-hybridized carbons (Fsp3) is 0.611. The molecule has 0 bridgehead atoms. The van der Waals surface area contributed by atoms with Gasteiger partial charge in [-0.2, -0.15) is 0 Å².